The molecule has 1 aliphatic heterocycles. The van der Waals surface area contributed by atoms with Crippen molar-refractivity contribution >= 4 is 23.2 Å². The quantitative estimate of drug-likeness (QED) is 0.814. The van der Waals surface area contributed by atoms with Crippen LogP contribution in [0, 0.1) is 11.4 Å². The van der Waals surface area contributed by atoms with Gasteiger partial charge in [0, 0.05) is 31.1 Å². The summed E-state index contributed by atoms with van der Waals surface area (Å²) in [4.78, 5) is 18.2. The Bertz CT molecular complexity index is 806. The first-order chi connectivity index (χ1) is 11.4. The molecule has 2 aliphatic rings. The van der Waals surface area contributed by atoms with E-state index in [-0.39, 0.29) is 5.69 Å². The van der Waals surface area contributed by atoms with Crippen molar-refractivity contribution in [2.45, 2.75) is 31.5 Å². The van der Waals surface area contributed by atoms with Crippen LogP contribution in [0.4, 0.5) is 4.39 Å². The topological polar surface area (TPSA) is 78.1 Å². The number of aliphatic hydroxyl groups is 2. The zero-order valence-corrected chi connectivity index (χ0v) is 13.6. The number of piperidine rings is 1. The largest absolute Gasteiger partial charge is 0.392 e. The average molecular weight is 354 g/mol. The van der Waals surface area contributed by atoms with E-state index in [9.17, 15) is 19.4 Å². The highest BCUT2D eigenvalue weighted by Crippen LogP contribution is 2.49. The van der Waals surface area contributed by atoms with Gasteiger partial charge in [-0.1, -0.05) is 11.6 Å². The number of amides is 1. The highest BCUT2D eigenvalue weighted by molar-refractivity contribution is 6.30. The van der Waals surface area contributed by atoms with Crippen molar-refractivity contribution in [1.29, 1.82) is 0 Å². The molecule has 0 bridgehead atoms. The van der Waals surface area contributed by atoms with Gasteiger partial charge in [0.05, 0.1) is 17.2 Å². The van der Waals surface area contributed by atoms with Crippen LogP contribution in [0.2, 0.25) is 5.02 Å². The van der Waals surface area contributed by atoms with Crippen molar-refractivity contribution in [2.75, 3.05) is 13.1 Å². The fraction of sp³-hybridized carbons (Fsp3) is 0.500. The summed E-state index contributed by atoms with van der Waals surface area (Å²) in [6, 6.07) is 3.13. The van der Waals surface area contributed by atoms with Crippen LogP contribution in [0.25, 0.3) is 5.65 Å². The summed E-state index contributed by atoms with van der Waals surface area (Å²) in [6.45, 7) is 0.724. The van der Waals surface area contributed by atoms with E-state index in [1.807, 2.05) is 0 Å². The Labute approximate surface area is 142 Å². The first kappa shape index (κ1) is 15.8. The third kappa shape index (κ3) is 2.15. The molecule has 4 rings (SSSR count). The van der Waals surface area contributed by atoms with Crippen molar-refractivity contribution < 1.29 is 19.4 Å². The molecule has 24 heavy (non-hydrogen) atoms. The van der Waals surface area contributed by atoms with Crippen molar-refractivity contribution in [3.05, 3.63) is 35.0 Å². The van der Waals surface area contributed by atoms with E-state index in [0.29, 0.717) is 43.0 Å². The summed E-state index contributed by atoms with van der Waals surface area (Å²) in [7, 11) is 0. The second-order valence-corrected chi connectivity index (χ2v) is 7.06. The molecule has 1 saturated heterocycles. The molecule has 3 heterocycles. The summed E-state index contributed by atoms with van der Waals surface area (Å²) < 4.78 is 15.6. The number of aliphatic hydroxyl groups excluding tert-OH is 2. The van der Waals surface area contributed by atoms with Crippen LogP contribution < -0.4 is 0 Å². The summed E-state index contributed by atoms with van der Waals surface area (Å²) in [6.07, 6.45) is 1.71. The maximum absolute atomic E-state index is 14.5. The predicted octanol–water partition coefficient (Wildman–Crippen LogP) is 1.47. The molecule has 0 unspecified atom stereocenters. The van der Waals surface area contributed by atoms with Crippen LogP contribution in [0.5, 0.6) is 0 Å². The van der Waals surface area contributed by atoms with Crippen molar-refractivity contribution in [1.82, 2.24) is 14.3 Å². The van der Waals surface area contributed by atoms with Crippen LogP contribution >= 0.6 is 11.6 Å². The number of pyridine rings is 1. The van der Waals surface area contributed by atoms with Crippen LogP contribution in [-0.2, 0) is 0 Å². The molecule has 1 amide bonds. The van der Waals surface area contributed by atoms with Gasteiger partial charge in [-0.2, -0.15) is 4.39 Å². The molecular weight excluding hydrogens is 337 g/mol. The second kappa shape index (κ2) is 5.40. The number of hydrogen-bond donors (Lipinski definition) is 2. The second-order valence-electron chi connectivity index (χ2n) is 6.62. The van der Waals surface area contributed by atoms with Gasteiger partial charge >= 0.3 is 0 Å². The van der Waals surface area contributed by atoms with E-state index >= 15 is 0 Å². The molecule has 128 valence electrons. The van der Waals surface area contributed by atoms with Crippen molar-refractivity contribution in [2.24, 2.45) is 5.41 Å². The van der Waals surface area contributed by atoms with E-state index in [1.165, 1.54) is 11.1 Å². The first-order valence-electron chi connectivity index (χ1n) is 7.91. The smallest absolute Gasteiger partial charge is 0.277 e. The SMILES string of the molecule is O=C(c1nc2ccc(Cl)cn2c1F)N1CCC2(CC1)[C@H](O)C[C@@H]2O. The van der Waals surface area contributed by atoms with Gasteiger partial charge < -0.3 is 15.1 Å². The minimum Gasteiger partial charge on any atom is -0.392 e. The Balaban J connectivity index is 1.56. The Kier molecular flexibility index (Phi) is 3.56. The third-order valence-electron chi connectivity index (χ3n) is 5.48. The number of hydrogen-bond acceptors (Lipinski definition) is 4. The molecule has 1 spiro atoms. The molecule has 2 atom stereocenters. The highest BCUT2D eigenvalue weighted by Gasteiger charge is 2.55. The molecular formula is C16H17ClFN3O3. The average Bonchev–Trinajstić information content (AvgIpc) is 2.91. The summed E-state index contributed by atoms with van der Waals surface area (Å²) in [5.74, 6) is -1.22. The van der Waals surface area contributed by atoms with E-state index in [0.717, 1.165) is 4.40 Å². The lowest BCUT2D eigenvalue weighted by molar-refractivity contribution is -0.187. The van der Waals surface area contributed by atoms with E-state index in [4.69, 9.17) is 11.6 Å². The first-order valence-corrected chi connectivity index (χ1v) is 8.29. The fourth-order valence-electron chi connectivity index (χ4n) is 3.81. The Morgan fingerprint density at radius 2 is 1.96 bits per heavy atom. The third-order valence-corrected chi connectivity index (χ3v) is 5.71. The Morgan fingerprint density at radius 3 is 2.58 bits per heavy atom. The Morgan fingerprint density at radius 1 is 1.29 bits per heavy atom. The number of carbonyl (C=O) groups is 1. The van der Waals surface area contributed by atoms with Gasteiger partial charge in [-0.25, -0.2) is 4.98 Å². The standard InChI is InChI=1S/C16H17ClFN3O3/c17-9-1-2-12-19-13(14(18)21(12)8-9)15(24)20-5-3-16(4-6-20)10(22)7-11(16)23/h1-2,8,10-11,22-23H,3-7H2/t10-,11+. The van der Waals surface area contributed by atoms with E-state index < -0.39 is 29.5 Å². The Hall–Kier alpha value is -1.70. The highest BCUT2D eigenvalue weighted by atomic mass is 35.5. The minimum atomic E-state index is -0.735. The van der Waals surface area contributed by atoms with Crippen LogP contribution in [0.3, 0.4) is 0 Å². The van der Waals surface area contributed by atoms with Crippen LogP contribution in [0.1, 0.15) is 29.8 Å². The molecule has 1 saturated carbocycles. The monoisotopic (exact) mass is 353 g/mol. The van der Waals surface area contributed by atoms with Gasteiger partial charge in [-0.3, -0.25) is 9.20 Å². The zero-order chi connectivity index (χ0) is 17.1. The van der Waals surface area contributed by atoms with Crippen LogP contribution in [-0.4, -0.2) is 55.7 Å². The van der Waals surface area contributed by atoms with E-state index in [1.54, 1.807) is 12.1 Å². The minimum absolute atomic E-state index is 0.233. The number of imidazole rings is 1. The fourth-order valence-corrected chi connectivity index (χ4v) is 3.97. The normalized spacial score (nSPS) is 25.9. The van der Waals surface area contributed by atoms with Gasteiger partial charge in [0.15, 0.2) is 5.69 Å². The van der Waals surface area contributed by atoms with Gasteiger partial charge in [-0.15, -0.1) is 0 Å². The molecule has 2 N–H and O–H groups in total. The molecule has 2 aromatic rings. The summed E-state index contributed by atoms with van der Waals surface area (Å²) >= 11 is 5.85. The number of rotatable bonds is 1. The number of carbonyl (C=O) groups excluding carboxylic acids is 1. The predicted molar refractivity (Wildman–Crippen MR) is 84.4 cm³/mol. The molecule has 6 nitrogen and oxygen atoms in total. The lowest BCUT2D eigenvalue weighted by atomic mass is 9.58. The van der Waals surface area contributed by atoms with Crippen molar-refractivity contribution in [3.63, 3.8) is 0 Å². The molecule has 8 heteroatoms. The number of fused-ring (bicyclic) bond motifs is 1. The lowest BCUT2D eigenvalue weighted by Crippen LogP contribution is -2.61. The summed E-state index contributed by atoms with van der Waals surface area (Å²) in [5, 5.41) is 20.3. The van der Waals surface area contributed by atoms with Gasteiger partial charge in [0.2, 0.25) is 5.95 Å². The molecule has 2 aromatic heterocycles. The molecule has 1 aliphatic carbocycles. The maximum Gasteiger partial charge on any atom is 0.277 e. The molecule has 0 aromatic carbocycles. The van der Waals surface area contributed by atoms with Crippen LogP contribution in [0.15, 0.2) is 18.3 Å². The van der Waals surface area contributed by atoms with Gasteiger partial charge in [0.25, 0.3) is 5.91 Å². The van der Waals surface area contributed by atoms with Gasteiger partial charge in [-0.05, 0) is 25.0 Å². The number of halogens is 2. The molecule has 0 radical (unpaired) electrons. The number of aromatic nitrogens is 2. The number of nitrogens with zero attached hydrogens (tertiary/aromatic N) is 3. The maximum atomic E-state index is 14.5. The van der Waals surface area contributed by atoms with E-state index in [2.05, 4.69) is 4.98 Å². The number of likely N-dealkylation sites (tertiary alicyclic amines) is 1. The lowest BCUT2D eigenvalue weighted by Gasteiger charge is -2.54. The zero-order valence-electron chi connectivity index (χ0n) is 12.8. The molecule has 2 fully saturated rings. The van der Waals surface area contributed by atoms with Crippen molar-refractivity contribution in [3.8, 4) is 0 Å². The van der Waals surface area contributed by atoms with Gasteiger partial charge in [0.1, 0.15) is 5.65 Å². The summed E-state index contributed by atoms with van der Waals surface area (Å²) in [5.41, 5.74) is -0.427.